The fraction of sp³-hybridized carbons (Fsp3) is 0.114. The summed E-state index contributed by atoms with van der Waals surface area (Å²) in [6.07, 6.45) is -0.593. The molecular weight excluding hydrogens is 578 g/mol. The van der Waals surface area contributed by atoms with Crippen molar-refractivity contribution in [1.29, 1.82) is 0 Å². The Kier molecular flexibility index (Phi) is 7.69. The van der Waals surface area contributed by atoms with Gasteiger partial charge in [-0.25, -0.2) is 8.42 Å². The maximum atomic E-state index is 14.5. The van der Waals surface area contributed by atoms with Crippen molar-refractivity contribution in [2.24, 2.45) is 0 Å². The lowest BCUT2D eigenvalue weighted by Crippen LogP contribution is -2.49. The van der Waals surface area contributed by atoms with Crippen LogP contribution in [-0.4, -0.2) is 14.3 Å². The molecule has 6 nitrogen and oxygen atoms in total. The van der Waals surface area contributed by atoms with Gasteiger partial charge in [0, 0.05) is 28.5 Å². The number of amides is 1. The van der Waals surface area contributed by atoms with Crippen LogP contribution >= 0.6 is 11.6 Å². The number of aryl methyl sites for hydroxylation is 2. The minimum absolute atomic E-state index is 0.000106. The number of hydrogen-bond donors (Lipinski definition) is 1. The number of halogens is 1. The van der Waals surface area contributed by atoms with Crippen molar-refractivity contribution < 1.29 is 13.2 Å². The number of rotatable bonds is 7. The van der Waals surface area contributed by atoms with E-state index < -0.39 is 16.2 Å². The monoisotopic (exact) mass is 607 g/mol. The smallest absolute Gasteiger partial charge is 0.262 e. The van der Waals surface area contributed by atoms with E-state index >= 15 is 0 Å². The highest BCUT2D eigenvalue weighted by atomic mass is 35.5. The van der Waals surface area contributed by atoms with Crippen LogP contribution in [0.4, 0.5) is 17.1 Å². The second-order valence-electron chi connectivity index (χ2n) is 10.7. The Labute approximate surface area is 257 Å². The molecule has 0 aromatic heterocycles. The standard InChI is InChI=1S/C35H30ClN3O3S/c1-24-12-16-27(17-13-24)37-43(41,42)29-20-21-33-31(22-29)35(40)39(28-18-14-25(2)15-19-28)34(30-10-6-7-11-32(30)36)38(33)23-26-8-4-3-5-9-26/h3-22,34,37H,23H2,1-2H3/t34-/m1/s1. The lowest BCUT2D eigenvalue weighted by Gasteiger charge is -2.46. The maximum Gasteiger partial charge on any atom is 0.262 e. The lowest BCUT2D eigenvalue weighted by atomic mass is 9.99. The summed E-state index contributed by atoms with van der Waals surface area (Å²) in [7, 11) is -3.98. The Balaban J connectivity index is 1.53. The number of nitrogens with zero attached hydrogens (tertiary/aromatic N) is 2. The van der Waals surface area contributed by atoms with Gasteiger partial charge in [0.1, 0.15) is 6.17 Å². The highest BCUT2D eigenvalue weighted by Crippen LogP contribution is 2.44. The van der Waals surface area contributed by atoms with Crippen LogP contribution in [0.1, 0.15) is 38.8 Å². The molecule has 0 unspecified atom stereocenters. The first kappa shape index (κ1) is 28.5. The maximum absolute atomic E-state index is 14.5. The highest BCUT2D eigenvalue weighted by Gasteiger charge is 2.41. The number of anilines is 3. The third kappa shape index (κ3) is 5.74. The number of sulfonamides is 1. The van der Waals surface area contributed by atoms with Crippen molar-refractivity contribution in [1.82, 2.24) is 0 Å². The molecule has 1 atom stereocenters. The van der Waals surface area contributed by atoms with E-state index in [1.807, 2.05) is 105 Å². The molecule has 1 aliphatic heterocycles. The van der Waals surface area contributed by atoms with E-state index in [-0.39, 0.29) is 16.4 Å². The van der Waals surface area contributed by atoms with Crippen LogP contribution in [0.2, 0.25) is 5.02 Å². The van der Waals surface area contributed by atoms with Crippen LogP contribution in [0, 0.1) is 13.8 Å². The number of carbonyl (C=O) groups excluding carboxylic acids is 1. The van der Waals surface area contributed by atoms with Crippen LogP contribution in [-0.2, 0) is 16.6 Å². The van der Waals surface area contributed by atoms with Crippen LogP contribution < -0.4 is 14.5 Å². The molecule has 216 valence electrons. The SMILES string of the molecule is Cc1ccc(NS(=O)(=O)c2ccc3c(c2)C(=O)N(c2ccc(C)cc2)[C@H](c2ccccc2Cl)N3Cc2ccccc2)cc1. The first-order valence-corrected chi connectivity index (χ1v) is 15.8. The lowest BCUT2D eigenvalue weighted by molar-refractivity contribution is 0.0968. The predicted molar refractivity (Wildman–Crippen MR) is 173 cm³/mol. The molecule has 1 amide bonds. The Morgan fingerprint density at radius 2 is 1.40 bits per heavy atom. The molecule has 8 heteroatoms. The first-order valence-electron chi connectivity index (χ1n) is 13.9. The van der Waals surface area contributed by atoms with Crippen LogP contribution in [0.3, 0.4) is 0 Å². The van der Waals surface area contributed by atoms with Crippen molar-refractivity contribution in [3.05, 3.63) is 154 Å². The molecule has 43 heavy (non-hydrogen) atoms. The molecule has 0 fully saturated rings. The third-order valence-corrected chi connectivity index (χ3v) is 9.29. The number of benzene rings is 5. The van der Waals surface area contributed by atoms with Crippen LogP contribution in [0.25, 0.3) is 0 Å². The molecule has 0 spiro atoms. The Bertz CT molecular complexity index is 1890. The van der Waals surface area contributed by atoms with Crippen molar-refractivity contribution in [2.45, 2.75) is 31.5 Å². The topological polar surface area (TPSA) is 69.7 Å². The number of nitrogens with one attached hydrogen (secondary N) is 1. The minimum Gasteiger partial charge on any atom is -0.342 e. The summed E-state index contributed by atoms with van der Waals surface area (Å²) in [6, 6.07) is 37.0. The number of hydrogen-bond acceptors (Lipinski definition) is 4. The molecule has 5 aromatic carbocycles. The summed E-state index contributed by atoms with van der Waals surface area (Å²) in [5.74, 6) is -0.319. The van der Waals surface area contributed by atoms with E-state index in [1.54, 1.807) is 29.2 Å². The Morgan fingerprint density at radius 1 is 0.767 bits per heavy atom. The van der Waals surface area contributed by atoms with Crippen molar-refractivity contribution in [3.8, 4) is 0 Å². The molecule has 6 rings (SSSR count). The molecule has 1 N–H and O–H groups in total. The van der Waals surface area contributed by atoms with Gasteiger partial charge in [0.25, 0.3) is 15.9 Å². The average molecular weight is 608 g/mol. The number of carbonyl (C=O) groups is 1. The average Bonchev–Trinajstić information content (AvgIpc) is 3.01. The second-order valence-corrected chi connectivity index (χ2v) is 12.8. The molecule has 1 heterocycles. The molecule has 1 aliphatic rings. The molecular formula is C35H30ClN3O3S. The molecule has 0 bridgehead atoms. The van der Waals surface area contributed by atoms with E-state index in [1.165, 1.54) is 6.07 Å². The van der Waals surface area contributed by atoms with E-state index in [2.05, 4.69) is 9.62 Å². The van der Waals surface area contributed by atoms with Gasteiger partial charge in [0.05, 0.1) is 16.1 Å². The van der Waals surface area contributed by atoms with Gasteiger partial charge in [-0.3, -0.25) is 14.4 Å². The van der Waals surface area contributed by atoms with Crippen molar-refractivity contribution in [3.63, 3.8) is 0 Å². The first-order chi connectivity index (χ1) is 20.7. The summed E-state index contributed by atoms with van der Waals surface area (Å²) < 4.78 is 29.6. The largest absolute Gasteiger partial charge is 0.342 e. The minimum atomic E-state index is -3.98. The Hall–Kier alpha value is -4.59. The summed E-state index contributed by atoms with van der Waals surface area (Å²) in [5, 5.41) is 0.528. The summed E-state index contributed by atoms with van der Waals surface area (Å²) in [4.78, 5) is 18.3. The fourth-order valence-electron chi connectivity index (χ4n) is 5.36. The summed E-state index contributed by atoms with van der Waals surface area (Å²) >= 11 is 6.80. The van der Waals surface area contributed by atoms with E-state index in [4.69, 9.17) is 11.6 Å². The molecule has 5 aromatic rings. The van der Waals surface area contributed by atoms with Crippen molar-refractivity contribution >= 4 is 44.6 Å². The predicted octanol–water partition coefficient (Wildman–Crippen LogP) is 8.12. The van der Waals surface area contributed by atoms with Gasteiger partial charge in [-0.05, 0) is 67.9 Å². The molecule has 0 aliphatic carbocycles. The molecule has 0 saturated carbocycles. The van der Waals surface area contributed by atoms with Crippen LogP contribution in [0.15, 0.2) is 126 Å². The summed E-state index contributed by atoms with van der Waals surface area (Å²) in [6.45, 7) is 4.37. The van der Waals surface area contributed by atoms with Gasteiger partial charge in [0.15, 0.2) is 0 Å². The van der Waals surface area contributed by atoms with E-state index in [0.29, 0.717) is 28.6 Å². The zero-order valence-corrected chi connectivity index (χ0v) is 25.3. The van der Waals surface area contributed by atoms with Gasteiger partial charge >= 0.3 is 0 Å². The van der Waals surface area contributed by atoms with Crippen LogP contribution in [0.5, 0.6) is 0 Å². The zero-order chi connectivity index (χ0) is 30.1. The molecule has 0 saturated heterocycles. The second kappa shape index (κ2) is 11.6. The highest BCUT2D eigenvalue weighted by molar-refractivity contribution is 7.92. The third-order valence-electron chi connectivity index (χ3n) is 7.57. The normalized spacial score (nSPS) is 14.9. The Morgan fingerprint density at radius 3 is 2.07 bits per heavy atom. The fourth-order valence-corrected chi connectivity index (χ4v) is 6.68. The van der Waals surface area contributed by atoms with Gasteiger partial charge in [-0.1, -0.05) is 95.5 Å². The molecule has 0 radical (unpaired) electrons. The van der Waals surface area contributed by atoms with E-state index in [0.717, 1.165) is 22.3 Å². The van der Waals surface area contributed by atoms with E-state index in [9.17, 15) is 13.2 Å². The zero-order valence-electron chi connectivity index (χ0n) is 23.7. The summed E-state index contributed by atoms with van der Waals surface area (Å²) in [5.41, 5.74) is 5.89. The van der Waals surface area contributed by atoms with Gasteiger partial charge in [-0.2, -0.15) is 0 Å². The quantitative estimate of drug-likeness (QED) is 0.203. The van der Waals surface area contributed by atoms with Gasteiger partial charge < -0.3 is 4.90 Å². The van der Waals surface area contributed by atoms with Gasteiger partial charge in [0.2, 0.25) is 0 Å². The van der Waals surface area contributed by atoms with Gasteiger partial charge in [-0.15, -0.1) is 0 Å². The number of fused-ring (bicyclic) bond motifs is 1. The van der Waals surface area contributed by atoms with Crippen molar-refractivity contribution in [2.75, 3.05) is 14.5 Å².